The van der Waals surface area contributed by atoms with Crippen LogP contribution in [0.5, 0.6) is 0 Å². The highest BCUT2D eigenvalue weighted by Crippen LogP contribution is 2.28. The van der Waals surface area contributed by atoms with E-state index in [0.29, 0.717) is 0 Å². The fraction of sp³-hybridized carbons (Fsp3) is 0.250. The number of hydrogen-bond donors (Lipinski definition) is 1. The second kappa shape index (κ2) is 3.42. The first-order chi connectivity index (χ1) is 7.43. The van der Waals surface area contributed by atoms with E-state index in [9.17, 15) is 0 Å². The molecule has 2 heterocycles. The number of hydrogen-bond acceptors (Lipinski definition) is 2. The Kier molecular flexibility index (Phi) is 1.95. The summed E-state index contributed by atoms with van der Waals surface area (Å²) in [4.78, 5) is 9.63. The lowest BCUT2D eigenvalue weighted by atomic mass is 10.2. The zero-order valence-corrected chi connectivity index (χ0v) is 8.48. The summed E-state index contributed by atoms with van der Waals surface area (Å²) in [6.07, 6.45) is 4.85. The molecule has 0 saturated carbocycles. The summed E-state index contributed by atoms with van der Waals surface area (Å²) in [6, 6.07) is 8.60. The summed E-state index contributed by atoms with van der Waals surface area (Å²) in [5, 5.41) is 0. The summed E-state index contributed by atoms with van der Waals surface area (Å²) in [6.45, 7) is 2.01. The fourth-order valence-electron chi connectivity index (χ4n) is 2.14. The molecular weight excluding hydrogens is 186 g/mol. The molecule has 0 spiro atoms. The van der Waals surface area contributed by atoms with Crippen molar-refractivity contribution in [2.45, 2.75) is 13.0 Å². The Labute approximate surface area is 88.8 Å². The molecule has 0 bridgehead atoms. The number of fused-ring (bicyclic) bond motifs is 1. The van der Waals surface area contributed by atoms with Gasteiger partial charge in [-0.05, 0) is 18.1 Å². The van der Waals surface area contributed by atoms with Gasteiger partial charge in [-0.15, -0.1) is 0 Å². The average Bonchev–Trinajstić information content (AvgIpc) is 2.89. The van der Waals surface area contributed by atoms with E-state index in [4.69, 9.17) is 0 Å². The topological polar surface area (TPSA) is 31.9 Å². The van der Waals surface area contributed by atoms with Crippen LogP contribution in [0.4, 0.5) is 5.69 Å². The molecule has 1 aliphatic rings. The molecule has 1 N–H and O–H groups in total. The minimum atomic E-state index is 0.903. The zero-order chi connectivity index (χ0) is 10.1. The molecule has 0 amide bonds. The Hall–Kier alpha value is -1.77. The summed E-state index contributed by atoms with van der Waals surface area (Å²) in [5.74, 6) is 0. The number of H-pyrrole nitrogens is 1. The van der Waals surface area contributed by atoms with E-state index in [2.05, 4.69) is 39.1 Å². The number of para-hydroxylation sites is 1. The Morgan fingerprint density at radius 1 is 1.33 bits per heavy atom. The van der Waals surface area contributed by atoms with Crippen LogP contribution in [0.2, 0.25) is 0 Å². The molecule has 1 aromatic heterocycles. The molecule has 3 rings (SSSR count). The van der Waals surface area contributed by atoms with E-state index < -0.39 is 0 Å². The normalized spacial score (nSPS) is 14.3. The van der Waals surface area contributed by atoms with Gasteiger partial charge in [-0.3, -0.25) is 0 Å². The van der Waals surface area contributed by atoms with Crippen LogP contribution in [0.25, 0.3) is 0 Å². The first-order valence-corrected chi connectivity index (χ1v) is 5.24. The van der Waals surface area contributed by atoms with Gasteiger partial charge >= 0.3 is 0 Å². The van der Waals surface area contributed by atoms with Crippen LogP contribution in [0.3, 0.4) is 0 Å². The van der Waals surface area contributed by atoms with Crippen molar-refractivity contribution < 1.29 is 0 Å². The number of nitrogens with one attached hydrogen (secondary N) is 1. The monoisotopic (exact) mass is 199 g/mol. The summed E-state index contributed by atoms with van der Waals surface area (Å²) in [5.41, 5.74) is 3.92. The smallest absolute Gasteiger partial charge is 0.0923 e. The predicted octanol–water partition coefficient (Wildman–Crippen LogP) is 1.97. The molecule has 0 fully saturated rings. The highest BCUT2D eigenvalue weighted by atomic mass is 15.2. The molecule has 3 heteroatoms. The third kappa shape index (κ3) is 1.50. The maximum atomic E-state index is 4.26. The quantitative estimate of drug-likeness (QED) is 0.802. The van der Waals surface area contributed by atoms with Crippen molar-refractivity contribution >= 4 is 5.69 Å². The van der Waals surface area contributed by atoms with Gasteiger partial charge in [-0.25, -0.2) is 4.98 Å². The molecular formula is C12H13N3. The van der Waals surface area contributed by atoms with E-state index >= 15 is 0 Å². The second-order valence-electron chi connectivity index (χ2n) is 3.86. The number of imidazole rings is 1. The van der Waals surface area contributed by atoms with Gasteiger partial charge in [0.2, 0.25) is 0 Å². The van der Waals surface area contributed by atoms with Crippen LogP contribution >= 0.6 is 0 Å². The number of nitrogens with zero attached hydrogens (tertiary/aromatic N) is 2. The van der Waals surface area contributed by atoms with E-state index in [1.54, 1.807) is 6.33 Å². The Morgan fingerprint density at radius 3 is 3.13 bits per heavy atom. The fourth-order valence-corrected chi connectivity index (χ4v) is 2.14. The molecule has 76 valence electrons. The molecule has 15 heavy (non-hydrogen) atoms. The first kappa shape index (κ1) is 8.53. The van der Waals surface area contributed by atoms with Gasteiger partial charge in [0, 0.05) is 18.4 Å². The van der Waals surface area contributed by atoms with Crippen molar-refractivity contribution in [3.05, 3.63) is 48.0 Å². The molecule has 0 atom stereocenters. The van der Waals surface area contributed by atoms with Crippen LogP contribution in [-0.2, 0) is 13.0 Å². The molecule has 2 aromatic rings. The van der Waals surface area contributed by atoms with Gasteiger partial charge in [0.25, 0.3) is 0 Å². The predicted molar refractivity (Wildman–Crippen MR) is 59.8 cm³/mol. The van der Waals surface area contributed by atoms with Crippen molar-refractivity contribution in [1.82, 2.24) is 9.97 Å². The van der Waals surface area contributed by atoms with Crippen molar-refractivity contribution in [2.75, 3.05) is 11.4 Å². The maximum absolute atomic E-state index is 4.26. The largest absolute Gasteiger partial charge is 0.365 e. The van der Waals surface area contributed by atoms with Gasteiger partial charge in [0.1, 0.15) is 0 Å². The molecule has 0 aliphatic carbocycles. The summed E-state index contributed by atoms with van der Waals surface area (Å²) >= 11 is 0. The number of anilines is 1. The Bertz CT molecular complexity index is 448. The third-order valence-electron chi connectivity index (χ3n) is 2.89. The van der Waals surface area contributed by atoms with E-state index in [-0.39, 0.29) is 0 Å². The molecule has 0 unspecified atom stereocenters. The Morgan fingerprint density at radius 2 is 2.27 bits per heavy atom. The minimum Gasteiger partial charge on any atom is -0.365 e. The van der Waals surface area contributed by atoms with Crippen LogP contribution in [0, 0.1) is 0 Å². The number of aromatic nitrogens is 2. The van der Waals surface area contributed by atoms with E-state index in [1.807, 2.05) is 6.20 Å². The second-order valence-corrected chi connectivity index (χ2v) is 3.86. The van der Waals surface area contributed by atoms with Crippen LogP contribution < -0.4 is 4.90 Å². The SMILES string of the molecule is c1ccc2c(c1)CCN2Cc1c[nH]cn1. The molecule has 3 nitrogen and oxygen atoms in total. The van der Waals surface area contributed by atoms with Crippen molar-refractivity contribution in [1.29, 1.82) is 0 Å². The van der Waals surface area contributed by atoms with Gasteiger partial charge < -0.3 is 9.88 Å². The lowest BCUT2D eigenvalue weighted by Gasteiger charge is -2.17. The standard InChI is InChI=1S/C12H13N3/c1-2-4-12-10(3-1)5-6-15(12)8-11-7-13-9-14-11/h1-4,7,9H,5-6,8H2,(H,13,14). The van der Waals surface area contributed by atoms with Crippen LogP contribution in [0.15, 0.2) is 36.8 Å². The molecule has 1 aliphatic heterocycles. The van der Waals surface area contributed by atoms with Crippen LogP contribution in [0.1, 0.15) is 11.3 Å². The number of aromatic amines is 1. The maximum Gasteiger partial charge on any atom is 0.0923 e. The number of rotatable bonds is 2. The van der Waals surface area contributed by atoms with Gasteiger partial charge in [-0.2, -0.15) is 0 Å². The molecule has 1 aromatic carbocycles. The third-order valence-corrected chi connectivity index (χ3v) is 2.89. The lowest BCUT2D eigenvalue weighted by Crippen LogP contribution is -2.19. The summed E-state index contributed by atoms with van der Waals surface area (Å²) < 4.78 is 0. The van der Waals surface area contributed by atoms with Crippen molar-refractivity contribution in [3.63, 3.8) is 0 Å². The summed E-state index contributed by atoms with van der Waals surface area (Å²) in [7, 11) is 0. The van der Waals surface area contributed by atoms with E-state index in [1.165, 1.54) is 11.3 Å². The molecule has 0 saturated heterocycles. The molecule has 0 radical (unpaired) electrons. The first-order valence-electron chi connectivity index (χ1n) is 5.24. The minimum absolute atomic E-state index is 0.903. The van der Waals surface area contributed by atoms with E-state index in [0.717, 1.165) is 25.2 Å². The average molecular weight is 199 g/mol. The highest BCUT2D eigenvalue weighted by molar-refractivity contribution is 5.57. The van der Waals surface area contributed by atoms with Crippen molar-refractivity contribution in [3.8, 4) is 0 Å². The highest BCUT2D eigenvalue weighted by Gasteiger charge is 2.18. The lowest BCUT2D eigenvalue weighted by molar-refractivity contribution is 0.819. The number of benzene rings is 1. The van der Waals surface area contributed by atoms with Crippen molar-refractivity contribution in [2.24, 2.45) is 0 Å². The van der Waals surface area contributed by atoms with Gasteiger partial charge in [0.15, 0.2) is 0 Å². The zero-order valence-electron chi connectivity index (χ0n) is 8.48. The van der Waals surface area contributed by atoms with Crippen LogP contribution in [-0.4, -0.2) is 16.5 Å². The van der Waals surface area contributed by atoms with Gasteiger partial charge in [-0.1, -0.05) is 18.2 Å². The Balaban J connectivity index is 1.85. The van der Waals surface area contributed by atoms with Gasteiger partial charge in [0.05, 0.1) is 18.6 Å².